The van der Waals surface area contributed by atoms with Crippen LogP contribution < -0.4 is 5.73 Å². The van der Waals surface area contributed by atoms with Gasteiger partial charge in [0.1, 0.15) is 0 Å². The smallest absolute Gasteiger partial charge is 0.0958 e. The number of fused-ring (bicyclic) bond motifs is 1. The van der Waals surface area contributed by atoms with E-state index in [1.165, 1.54) is 18.4 Å². The van der Waals surface area contributed by atoms with Crippen LogP contribution in [0.25, 0.3) is 11.0 Å². The molecule has 3 nitrogen and oxygen atoms in total. The average Bonchev–Trinajstić information content (AvgIpc) is 3.00. The lowest BCUT2D eigenvalue weighted by atomic mass is 10.1. The summed E-state index contributed by atoms with van der Waals surface area (Å²) in [7, 11) is 0. The Morgan fingerprint density at radius 2 is 2.19 bits per heavy atom. The van der Waals surface area contributed by atoms with Crippen molar-refractivity contribution >= 4 is 11.0 Å². The minimum absolute atomic E-state index is 0.269. The first-order valence-electron chi connectivity index (χ1n) is 5.98. The van der Waals surface area contributed by atoms with Crippen LogP contribution >= 0.6 is 0 Å². The number of rotatable bonds is 4. The van der Waals surface area contributed by atoms with Crippen LogP contribution in [-0.4, -0.2) is 15.6 Å². The molecule has 1 saturated carbocycles. The number of hydrogen-bond donors (Lipinski definition) is 1. The number of imidazole rings is 1. The minimum atomic E-state index is 0.269. The number of para-hydroxylation sites is 2. The van der Waals surface area contributed by atoms with E-state index in [1.807, 2.05) is 24.5 Å². The van der Waals surface area contributed by atoms with Crippen LogP contribution in [0.15, 0.2) is 30.6 Å². The molecule has 0 amide bonds. The molecule has 2 aromatic rings. The Bertz CT molecular complexity index is 485. The molecule has 0 radical (unpaired) electrons. The monoisotopic (exact) mass is 215 g/mol. The Morgan fingerprint density at radius 3 is 3.00 bits per heavy atom. The topological polar surface area (TPSA) is 43.8 Å². The zero-order valence-corrected chi connectivity index (χ0v) is 9.34. The zero-order chi connectivity index (χ0) is 11.0. The highest BCUT2D eigenvalue weighted by atomic mass is 15.1. The van der Waals surface area contributed by atoms with Crippen molar-refractivity contribution in [2.75, 3.05) is 0 Å². The summed E-state index contributed by atoms with van der Waals surface area (Å²) in [5, 5.41) is 0. The van der Waals surface area contributed by atoms with E-state index in [9.17, 15) is 0 Å². The van der Waals surface area contributed by atoms with Crippen molar-refractivity contribution in [3.63, 3.8) is 0 Å². The fourth-order valence-electron chi connectivity index (χ4n) is 2.26. The molecule has 1 atom stereocenters. The van der Waals surface area contributed by atoms with Gasteiger partial charge in [0.15, 0.2) is 0 Å². The van der Waals surface area contributed by atoms with Crippen LogP contribution in [0.1, 0.15) is 19.3 Å². The molecule has 84 valence electrons. The van der Waals surface area contributed by atoms with Gasteiger partial charge in [-0.2, -0.15) is 0 Å². The second-order valence-corrected chi connectivity index (χ2v) is 4.82. The molecule has 1 unspecified atom stereocenters. The maximum atomic E-state index is 6.15. The van der Waals surface area contributed by atoms with Crippen molar-refractivity contribution in [3.05, 3.63) is 30.6 Å². The first-order valence-corrected chi connectivity index (χ1v) is 5.98. The summed E-state index contributed by atoms with van der Waals surface area (Å²) in [5.41, 5.74) is 8.39. The predicted molar refractivity (Wildman–Crippen MR) is 65.0 cm³/mol. The molecule has 16 heavy (non-hydrogen) atoms. The van der Waals surface area contributed by atoms with Crippen molar-refractivity contribution in [2.24, 2.45) is 11.7 Å². The molecule has 1 aliphatic carbocycles. The number of hydrogen-bond acceptors (Lipinski definition) is 2. The van der Waals surface area contributed by atoms with Crippen LogP contribution in [0.3, 0.4) is 0 Å². The fourth-order valence-corrected chi connectivity index (χ4v) is 2.26. The normalized spacial score (nSPS) is 17.8. The molecule has 1 aliphatic rings. The molecule has 1 heterocycles. The standard InChI is InChI=1S/C13H17N3/c14-11(7-10-5-6-10)8-16-9-15-12-3-1-2-4-13(12)16/h1-4,9-11H,5-8,14H2. The van der Waals surface area contributed by atoms with E-state index in [2.05, 4.69) is 15.6 Å². The minimum Gasteiger partial charge on any atom is -0.329 e. The fraction of sp³-hybridized carbons (Fsp3) is 0.462. The summed E-state index contributed by atoms with van der Waals surface area (Å²) in [6, 6.07) is 8.48. The van der Waals surface area contributed by atoms with Gasteiger partial charge >= 0.3 is 0 Å². The predicted octanol–water partition coefficient (Wildman–Crippen LogP) is 2.16. The molecule has 3 rings (SSSR count). The lowest BCUT2D eigenvalue weighted by Gasteiger charge is -2.12. The SMILES string of the molecule is NC(CC1CC1)Cn1cnc2ccccc21. The van der Waals surface area contributed by atoms with Crippen LogP contribution in [0.5, 0.6) is 0 Å². The first-order chi connectivity index (χ1) is 7.83. The summed E-state index contributed by atoms with van der Waals surface area (Å²) >= 11 is 0. The molecule has 0 bridgehead atoms. The molecule has 0 spiro atoms. The van der Waals surface area contributed by atoms with Crippen LogP contribution in [0.4, 0.5) is 0 Å². The molecule has 1 aromatic carbocycles. The van der Waals surface area contributed by atoms with E-state index in [0.29, 0.717) is 0 Å². The third-order valence-electron chi connectivity index (χ3n) is 3.29. The van der Waals surface area contributed by atoms with Crippen molar-refractivity contribution < 1.29 is 0 Å². The lowest BCUT2D eigenvalue weighted by molar-refractivity contribution is 0.500. The average molecular weight is 215 g/mol. The van der Waals surface area contributed by atoms with Gasteiger partial charge in [-0.15, -0.1) is 0 Å². The Balaban J connectivity index is 1.77. The third kappa shape index (κ3) is 1.95. The Labute approximate surface area is 95.3 Å². The van der Waals surface area contributed by atoms with Gasteiger partial charge in [-0.05, 0) is 24.5 Å². The number of nitrogens with two attached hydrogens (primary N) is 1. The van der Waals surface area contributed by atoms with Crippen molar-refractivity contribution in [3.8, 4) is 0 Å². The summed E-state index contributed by atoms with van der Waals surface area (Å²) in [4.78, 5) is 4.37. The summed E-state index contributed by atoms with van der Waals surface area (Å²) in [6.07, 6.45) is 5.81. The molecule has 3 heteroatoms. The van der Waals surface area contributed by atoms with Gasteiger partial charge in [0.25, 0.3) is 0 Å². The van der Waals surface area contributed by atoms with Gasteiger partial charge in [0.2, 0.25) is 0 Å². The Kier molecular flexibility index (Phi) is 2.40. The second kappa shape index (κ2) is 3.91. The van der Waals surface area contributed by atoms with E-state index in [0.717, 1.165) is 24.4 Å². The van der Waals surface area contributed by atoms with Crippen molar-refractivity contribution in [1.29, 1.82) is 0 Å². The molecule has 0 saturated heterocycles. The molecule has 2 N–H and O–H groups in total. The molecule has 0 aliphatic heterocycles. The summed E-state index contributed by atoms with van der Waals surface area (Å²) in [6.45, 7) is 0.886. The van der Waals surface area contributed by atoms with E-state index in [4.69, 9.17) is 5.73 Å². The number of nitrogens with zero attached hydrogens (tertiary/aromatic N) is 2. The van der Waals surface area contributed by atoms with E-state index in [-0.39, 0.29) is 6.04 Å². The highest BCUT2D eigenvalue weighted by Gasteiger charge is 2.24. The molecular weight excluding hydrogens is 198 g/mol. The van der Waals surface area contributed by atoms with Crippen molar-refractivity contribution in [2.45, 2.75) is 31.8 Å². The quantitative estimate of drug-likeness (QED) is 0.849. The van der Waals surface area contributed by atoms with Crippen LogP contribution in [0, 0.1) is 5.92 Å². The second-order valence-electron chi connectivity index (χ2n) is 4.82. The lowest BCUT2D eigenvalue weighted by Crippen LogP contribution is -2.26. The highest BCUT2D eigenvalue weighted by Crippen LogP contribution is 2.33. The highest BCUT2D eigenvalue weighted by molar-refractivity contribution is 5.74. The number of benzene rings is 1. The molecule has 1 aromatic heterocycles. The largest absolute Gasteiger partial charge is 0.329 e. The van der Waals surface area contributed by atoms with E-state index >= 15 is 0 Å². The maximum Gasteiger partial charge on any atom is 0.0958 e. The van der Waals surface area contributed by atoms with Gasteiger partial charge in [0.05, 0.1) is 17.4 Å². The van der Waals surface area contributed by atoms with E-state index in [1.54, 1.807) is 0 Å². The van der Waals surface area contributed by atoms with Crippen LogP contribution in [0.2, 0.25) is 0 Å². The Hall–Kier alpha value is -1.35. The molecular formula is C13H17N3. The van der Waals surface area contributed by atoms with E-state index < -0.39 is 0 Å². The number of aromatic nitrogens is 2. The molecule has 1 fully saturated rings. The summed E-state index contributed by atoms with van der Waals surface area (Å²) < 4.78 is 2.17. The van der Waals surface area contributed by atoms with Gasteiger partial charge in [-0.3, -0.25) is 0 Å². The van der Waals surface area contributed by atoms with Crippen LogP contribution in [-0.2, 0) is 6.54 Å². The summed E-state index contributed by atoms with van der Waals surface area (Å²) in [5.74, 6) is 0.893. The van der Waals surface area contributed by atoms with Gasteiger partial charge in [0, 0.05) is 12.6 Å². The third-order valence-corrected chi connectivity index (χ3v) is 3.29. The van der Waals surface area contributed by atoms with Gasteiger partial charge < -0.3 is 10.3 Å². The van der Waals surface area contributed by atoms with Gasteiger partial charge in [-0.25, -0.2) is 4.98 Å². The first kappa shape index (κ1) is 9.85. The van der Waals surface area contributed by atoms with Crippen molar-refractivity contribution in [1.82, 2.24) is 9.55 Å². The zero-order valence-electron chi connectivity index (χ0n) is 9.34. The maximum absolute atomic E-state index is 6.15. The Morgan fingerprint density at radius 1 is 1.38 bits per heavy atom. The van der Waals surface area contributed by atoms with Gasteiger partial charge in [-0.1, -0.05) is 25.0 Å².